The molecule has 0 aromatic heterocycles. The van der Waals surface area contributed by atoms with Crippen LogP contribution in [0.1, 0.15) is 77.2 Å². The second kappa shape index (κ2) is 10.9. The summed E-state index contributed by atoms with van der Waals surface area (Å²) in [7, 11) is 0. The van der Waals surface area contributed by atoms with Crippen molar-refractivity contribution in [3.63, 3.8) is 0 Å². The van der Waals surface area contributed by atoms with Crippen LogP contribution in [0.3, 0.4) is 0 Å². The fraction of sp³-hybridized carbons (Fsp3) is 0.565. The molecule has 31 heavy (non-hydrogen) atoms. The Bertz CT molecular complexity index is 786. The van der Waals surface area contributed by atoms with Gasteiger partial charge in [-0.05, 0) is 72.1 Å². The van der Waals surface area contributed by atoms with Gasteiger partial charge in [-0.2, -0.15) is 5.48 Å². The highest BCUT2D eigenvalue weighted by Crippen LogP contribution is 2.21. The molecule has 1 atom stereocenters. The number of amides is 1. The van der Waals surface area contributed by atoms with E-state index in [0.717, 1.165) is 5.56 Å². The molecule has 0 aliphatic heterocycles. The molecule has 0 bridgehead atoms. The minimum Gasteiger partial charge on any atom is -0.460 e. The average Bonchev–Trinajstić information content (AvgIpc) is 2.60. The van der Waals surface area contributed by atoms with E-state index in [1.807, 2.05) is 5.48 Å². The van der Waals surface area contributed by atoms with Crippen LogP contribution in [0.5, 0.6) is 0 Å². The third-order valence-corrected chi connectivity index (χ3v) is 3.84. The van der Waals surface area contributed by atoms with Crippen LogP contribution in [0.25, 0.3) is 0 Å². The van der Waals surface area contributed by atoms with Crippen molar-refractivity contribution in [3.8, 4) is 0 Å². The topological polar surface area (TPSA) is 108 Å². The van der Waals surface area contributed by atoms with Gasteiger partial charge in [0.25, 0.3) is 5.91 Å². The lowest BCUT2D eigenvalue weighted by molar-refractivity contribution is -0.161. The SMILES string of the molecule is CC(=O)ONC(=O)CCC(Cc1ccc(C(=O)OC(C)(C)C)cc1)C(=O)OC(C)(C)C. The molecule has 1 aromatic rings. The summed E-state index contributed by atoms with van der Waals surface area (Å²) in [6.07, 6.45) is 0.507. The van der Waals surface area contributed by atoms with Gasteiger partial charge in [-0.1, -0.05) is 12.1 Å². The third-order valence-electron chi connectivity index (χ3n) is 3.84. The molecule has 0 aliphatic carbocycles. The molecule has 0 spiro atoms. The molecule has 0 radical (unpaired) electrons. The smallest absolute Gasteiger partial charge is 0.338 e. The van der Waals surface area contributed by atoms with Crippen molar-refractivity contribution in [2.24, 2.45) is 5.92 Å². The zero-order valence-corrected chi connectivity index (χ0v) is 19.4. The Labute approximate surface area is 183 Å². The average molecular weight is 436 g/mol. The van der Waals surface area contributed by atoms with E-state index in [0.29, 0.717) is 12.0 Å². The van der Waals surface area contributed by atoms with Gasteiger partial charge >= 0.3 is 17.9 Å². The molecule has 0 saturated carbocycles. The minimum atomic E-state index is -0.671. The van der Waals surface area contributed by atoms with Crippen LogP contribution in [0, 0.1) is 5.92 Å². The Kier molecular flexibility index (Phi) is 9.21. The van der Waals surface area contributed by atoms with Crippen LogP contribution in [-0.2, 0) is 35.1 Å². The number of hydroxylamine groups is 1. The first-order valence-corrected chi connectivity index (χ1v) is 10.2. The maximum atomic E-state index is 12.7. The zero-order valence-electron chi connectivity index (χ0n) is 19.4. The highest BCUT2D eigenvalue weighted by atomic mass is 16.7. The third kappa shape index (κ3) is 11.2. The summed E-state index contributed by atoms with van der Waals surface area (Å²) >= 11 is 0. The second-order valence-electron chi connectivity index (χ2n) is 9.29. The Morgan fingerprint density at radius 2 is 1.45 bits per heavy atom. The van der Waals surface area contributed by atoms with Crippen LogP contribution in [0.2, 0.25) is 0 Å². The van der Waals surface area contributed by atoms with Crippen molar-refractivity contribution in [2.75, 3.05) is 0 Å². The lowest BCUT2D eigenvalue weighted by Crippen LogP contribution is -2.31. The molecular formula is C23H33NO7. The minimum absolute atomic E-state index is 0.0207. The molecule has 0 aliphatic rings. The van der Waals surface area contributed by atoms with E-state index in [-0.39, 0.29) is 12.8 Å². The van der Waals surface area contributed by atoms with Gasteiger partial charge in [0, 0.05) is 13.3 Å². The van der Waals surface area contributed by atoms with E-state index in [1.54, 1.807) is 65.8 Å². The molecule has 0 fully saturated rings. The van der Waals surface area contributed by atoms with Crippen molar-refractivity contribution in [1.82, 2.24) is 5.48 Å². The van der Waals surface area contributed by atoms with E-state index >= 15 is 0 Å². The standard InChI is InChI=1S/C23H33NO7/c1-15(25)31-24-19(26)13-12-18(21(28)30-23(5,6)7)14-16-8-10-17(11-9-16)20(27)29-22(2,3)4/h8-11,18H,12-14H2,1-7H3,(H,24,26). The van der Waals surface area contributed by atoms with E-state index in [4.69, 9.17) is 9.47 Å². The molecule has 1 amide bonds. The monoisotopic (exact) mass is 435 g/mol. The number of carbonyl (C=O) groups is 4. The van der Waals surface area contributed by atoms with Gasteiger partial charge in [-0.3, -0.25) is 14.4 Å². The molecule has 172 valence electrons. The molecule has 1 unspecified atom stereocenters. The highest BCUT2D eigenvalue weighted by Gasteiger charge is 2.26. The highest BCUT2D eigenvalue weighted by molar-refractivity contribution is 5.89. The van der Waals surface area contributed by atoms with Crippen LogP contribution in [0.15, 0.2) is 24.3 Å². The number of carbonyl (C=O) groups excluding carboxylic acids is 4. The Hall–Kier alpha value is -2.90. The van der Waals surface area contributed by atoms with E-state index in [9.17, 15) is 19.2 Å². The van der Waals surface area contributed by atoms with Gasteiger partial charge in [0.2, 0.25) is 0 Å². The summed E-state index contributed by atoms with van der Waals surface area (Å²) < 4.78 is 10.8. The van der Waals surface area contributed by atoms with Crippen molar-refractivity contribution >= 4 is 23.8 Å². The van der Waals surface area contributed by atoms with Gasteiger partial charge in [0.05, 0.1) is 11.5 Å². The summed E-state index contributed by atoms with van der Waals surface area (Å²) in [6, 6.07) is 6.77. The van der Waals surface area contributed by atoms with Crippen LogP contribution in [-0.4, -0.2) is 35.0 Å². The quantitative estimate of drug-likeness (QED) is 0.397. The van der Waals surface area contributed by atoms with Crippen LogP contribution in [0.4, 0.5) is 0 Å². The van der Waals surface area contributed by atoms with Crippen molar-refractivity contribution < 1.29 is 33.5 Å². The van der Waals surface area contributed by atoms with Crippen molar-refractivity contribution in [1.29, 1.82) is 0 Å². The predicted octanol–water partition coefficient (Wildman–Crippen LogP) is 3.52. The fourth-order valence-electron chi connectivity index (χ4n) is 2.57. The van der Waals surface area contributed by atoms with Gasteiger partial charge in [0.1, 0.15) is 11.2 Å². The summed E-state index contributed by atoms with van der Waals surface area (Å²) in [6.45, 7) is 11.9. The van der Waals surface area contributed by atoms with E-state index < -0.39 is 40.9 Å². The lowest BCUT2D eigenvalue weighted by Gasteiger charge is -2.24. The first-order valence-electron chi connectivity index (χ1n) is 10.2. The maximum absolute atomic E-state index is 12.7. The molecule has 1 rings (SSSR count). The molecule has 8 nitrogen and oxygen atoms in total. The summed E-state index contributed by atoms with van der Waals surface area (Å²) in [5, 5.41) is 0. The van der Waals surface area contributed by atoms with E-state index in [1.165, 1.54) is 6.92 Å². The summed E-state index contributed by atoms with van der Waals surface area (Å²) in [4.78, 5) is 52.0. The first-order chi connectivity index (χ1) is 14.2. The first kappa shape index (κ1) is 26.1. The molecule has 0 saturated heterocycles. The predicted molar refractivity (Wildman–Crippen MR) is 114 cm³/mol. The molecule has 1 N–H and O–H groups in total. The normalized spacial score (nSPS) is 12.5. The summed E-state index contributed by atoms with van der Waals surface area (Å²) in [5.74, 6) is -2.59. The maximum Gasteiger partial charge on any atom is 0.338 e. The molecular weight excluding hydrogens is 402 g/mol. The molecule has 0 heterocycles. The number of nitrogens with one attached hydrogen (secondary N) is 1. The van der Waals surface area contributed by atoms with E-state index in [2.05, 4.69) is 4.84 Å². The number of esters is 2. The lowest BCUT2D eigenvalue weighted by atomic mass is 9.94. The Balaban J connectivity index is 2.86. The van der Waals surface area contributed by atoms with Crippen LogP contribution < -0.4 is 5.48 Å². The fourth-order valence-corrected chi connectivity index (χ4v) is 2.57. The largest absolute Gasteiger partial charge is 0.460 e. The van der Waals surface area contributed by atoms with Gasteiger partial charge in [0.15, 0.2) is 0 Å². The number of ether oxygens (including phenoxy) is 2. The number of hydrogen-bond donors (Lipinski definition) is 1. The Morgan fingerprint density at radius 3 is 1.94 bits per heavy atom. The second-order valence-corrected chi connectivity index (χ2v) is 9.29. The van der Waals surface area contributed by atoms with Gasteiger partial charge < -0.3 is 14.3 Å². The van der Waals surface area contributed by atoms with Crippen molar-refractivity contribution in [2.45, 2.75) is 78.9 Å². The number of rotatable bonds is 7. The summed E-state index contributed by atoms with van der Waals surface area (Å²) in [5.41, 5.74) is 1.99. The zero-order chi connectivity index (χ0) is 23.8. The number of benzene rings is 1. The van der Waals surface area contributed by atoms with Gasteiger partial charge in [-0.25, -0.2) is 4.79 Å². The molecule has 1 aromatic carbocycles. The van der Waals surface area contributed by atoms with Crippen molar-refractivity contribution in [3.05, 3.63) is 35.4 Å². The molecule has 8 heteroatoms. The van der Waals surface area contributed by atoms with Gasteiger partial charge in [-0.15, -0.1) is 0 Å². The Morgan fingerprint density at radius 1 is 0.903 bits per heavy atom. The number of hydrogen-bond acceptors (Lipinski definition) is 7. The van der Waals surface area contributed by atoms with Crippen LogP contribution >= 0.6 is 0 Å².